The molecule has 0 amide bonds. The van der Waals surface area contributed by atoms with Crippen molar-refractivity contribution in [2.24, 2.45) is 0 Å². The molecule has 1 N–H and O–H groups in total. The number of hydrogen-bond donors (Lipinski definition) is 1. The number of rotatable bonds is 8. The molecule has 3 aromatic rings. The molecule has 0 radical (unpaired) electrons. The molecule has 1 heterocycles. The molecule has 0 bridgehead atoms. The average Bonchev–Trinajstić information content (AvgIpc) is 2.83. The molecule has 2 atom stereocenters. The molecular formula is C27H32N2O2. The molecule has 1 aliphatic heterocycles. The fourth-order valence-corrected chi connectivity index (χ4v) is 4.35. The summed E-state index contributed by atoms with van der Waals surface area (Å²) in [4.78, 5) is 4.73. The number of nitrogens with zero attached hydrogens (tertiary/aromatic N) is 2. The van der Waals surface area contributed by atoms with Crippen molar-refractivity contribution in [3.05, 3.63) is 108 Å². The maximum absolute atomic E-state index is 11.3. The SMILES string of the molecule is CN1CCN([C@H](c2ccccc2)[C@@H](O)COC(c2ccccc2)c2ccccc2)CC1. The van der Waals surface area contributed by atoms with Gasteiger partial charge in [0.05, 0.1) is 18.8 Å². The Morgan fingerprint density at radius 1 is 0.710 bits per heavy atom. The monoisotopic (exact) mass is 416 g/mol. The highest BCUT2D eigenvalue weighted by Gasteiger charge is 2.30. The molecule has 1 aliphatic rings. The molecular weight excluding hydrogens is 384 g/mol. The second-order valence-electron chi connectivity index (χ2n) is 8.30. The first-order valence-corrected chi connectivity index (χ1v) is 11.1. The van der Waals surface area contributed by atoms with E-state index in [1.165, 1.54) is 0 Å². The van der Waals surface area contributed by atoms with Crippen LogP contribution in [0.5, 0.6) is 0 Å². The van der Waals surface area contributed by atoms with E-state index >= 15 is 0 Å². The fourth-order valence-electron chi connectivity index (χ4n) is 4.35. The van der Waals surface area contributed by atoms with Gasteiger partial charge in [0.2, 0.25) is 0 Å². The van der Waals surface area contributed by atoms with Crippen LogP contribution < -0.4 is 0 Å². The van der Waals surface area contributed by atoms with E-state index in [9.17, 15) is 5.11 Å². The molecule has 162 valence electrons. The van der Waals surface area contributed by atoms with Gasteiger partial charge in [-0.05, 0) is 23.7 Å². The molecule has 0 aromatic heterocycles. The molecule has 1 saturated heterocycles. The standard InChI is InChI=1S/C27H32N2O2/c1-28-17-19-29(20-18-28)26(22-11-5-2-6-12-22)25(30)21-31-27(23-13-7-3-8-14-23)24-15-9-4-10-16-24/h2-16,25-27,30H,17-21H2,1H3/t25-,26+/m0/s1. The van der Waals surface area contributed by atoms with Gasteiger partial charge in [-0.3, -0.25) is 4.90 Å². The minimum atomic E-state index is -0.624. The Morgan fingerprint density at radius 2 is 1.16 bits per heavy atom. The van der Waals surface area contributed by atoms with E-state index in [0.717, 1.165) is 42.9 Å². The molecule has 0 aliphatic carbocycles. The van der Waals surface area contributed by atoms with Crippen molar-refractivity contribution in [1.82, 2.24) is 9.80 Å². The molecule has 4 rings (SSSR count). The zero-order chi connectivity index (χ0) is 21.5. The Labute approximate surface area is 185 Å². The van der Waals surface area contributed by atoms with Gasteiger partial charge >= 0.3 is 0 Å². The lowest BCUT2D eigenvalue weighted by Crippen LogP contribution is -2.49. The average molecular weight is 417 g/mol. The fraction of sp³-hybridized carbons (Fsp3) is 0.333. The predicted octanol–water partition coefficient (Wildman–Crippen LogP) is 4.14. The highest BCUT2D eigenvalue weighted by Crippen LogP contribution is 2.30. The van der Waals surface area contributed by atoms with Crippen LogP contribution in [0, 0.1) is 0 Å². The van der Waals surface area contributed by atoms with Crippen LogP contribution in [0.2, 0.25) is 0 Å². The third-order valence-corrected chi connectivity index (χ3v) is 6.08. The zero-order valence-corrected chi connectivity index (χ0v) is 18.2. The topological polar surface area (TPSA) is 35.9 Å². The predicted molar refractivity (Wildman–Crippen MR) is 125 cm³/mol. The maximum Gasteiger partial charge on any atom is 0.108 e. The number of ether oxygens (including phenoxy) is 1. The van der Waals surface area contributed by atoms with Crippen molar-refractivity contribution in [3.8, 4) is 0 Å². The molecule has 0 unspecified atom stereocenters. The number of aliphatic hydroxyl groups is 1. The lowest BCUT2D eigenvalue weighted by molar-refractivity contribution is -0.0450. The van der Waals surface area contributed by atoms with E-state index in [4.69, 9.17) is 4.74 Å². The van der Waals surface area contributed by atoms with Crippen LogP contribution in [0.4, 0.5) is 0 Å². The minimum absolute atomic E-state index is 0.0814. The number of benzene rings is 3. The zero-order valence-electron chi connectivity index (χ0n) is 18.2. The molecule has 0 saturated carbocycles. The third-order valence-electron chi connectivity index (χ3n) is 6.08. The summed E-state index contributed by atoms with van der Waals surface area (Å²) >= 11 is 0. The lowest BCUT2D eigenvalue weighted by atomic mass is 9.98. The molecule has 31 heavy (non-hydrogen) atoms. The summed E-state index contributed by atoms with van der Waals surface area (Å²) in [6.07, 6.45) is -0.832. The van der Waals surface area contributed by atoms with Gasteiger partial charge in [0, 0.05) is 26.2 Å². The van der Waals surface area contributed by atoms with Gasteiger partial charge in [-0.25, -0.2) is 0 Å². The van der Waals surface area contributed by atoms with E-state index in [1.54, 1.807) is 0 Å². The first-order chi connectivity index (χ1) is 15.2. The second kappa shape index (κ2) is 10.7. The van der Waals surface area contributed by atoms with Crippen molar-refractivity contribution >= 4 is 0 Å². The summed E-state index contributed by atoms with van der Waals surface area (Å²) < 4.78 is 6.40. The Bertz CT molecular complexity index is 857. The van der Waals surface area contributed by atoms with Crippen LogP contribution in [0.3, 0.4) is 0 Å². The van der Waals surface area contributed by atoms with Gasteiger partial charge in [-0.1, -0.05) is 91.0 Å². The van der Waals surface area contributed by atoms with Crippen LogP contribution in [0.15, 0.2) is 91.0 Å². The van der Waals surface area contributed by atoms with Crippen LogP contribution in [-0.2, 0) is 4.74 Å². The van der Waals surface area contributed by atoms with E-state index in [-0.39, 0.29) is 18.8 Å². The smallest absolute Gasteiger partial charge is 0.108 e. The Morgan fingerprint density at radius 3 is 1.65 bits per heavy atom. The molecule has 4 nitrogen and oxygen atoms in total. The molecule has 3 aromatic carbocycles. The van der Waals surface area contributed by atoms with Crippen LogP contribution in [0.1, 0.15) is 28.8 Å². The molecule has 4 heteroatoms. The number of likely N-dealkylation sites (N-methyl/N-ethyl adjacent to an activating group) is 1. The second-order valence-corrected chi connectivity index (χ2v) is 8.30. The van der Waals surface area contributed by atoms with Gasteiger partial charge in [0.15, 0.2) is 0 Å². The van der Waals surface area contributed by atoms with Gasteiger partial charge in [0.1, 0.15) is 6.10 Å². The Kier molecular flexibility index (Phi) is 7.49. The summed E-state index contributed by atoms with van der Waals surface area (Å²) in [6.45, 7) is 4.16. The van der Waals surface area contributed by atoms with Crippen molar-refractivity contribution in [2.45, 2.75) is 18.2 Å². The third kappa shape index (κ3) is 5.60. The quantitative estimate of drug-likeness (QED) is 0.599. The van der Waals surface area contributed by atoms with Crippen LogP contribution in [0.25, 0.3) is 0 Å². The summed E-state index contributed by atoms with van der Waals surface area (Å²) in [6, 6.07) is 30.7. The van der Waals surface area contributed by atoms with Gasteiger partial charge < -0.3 is 14.7 Å². The Hall–Kier alpha value is -2.50. The first kappa shape index (κ1) is 21.7. The first-order valence-electron chi connectivity index (χ1n) is 11.1. The van der Waals surface area contributed by atoms with Gasteiger partial charge in [0.25, 0.3) is 0 Å². The Balaban J connectivity index is 1.53. The van der Waals surface area contributed by atoms with E-state index in [1.807, 2.05) is 54.6 Å². The van der Waals surface area contributed by atoms with E-state index < -0.39 is 6.10 Å². The van der Waals surface area contributed by atoms with E-state index in [0.29, 0.717) is 0 Å². The molecule has 0 spiro atoms. The summed E-state index contributed by atoms with van der Waals surface area (Å²) in [5.74, 6) is 0. The van der Waals surface area contributed by atoms with Crippen molar-refractivity contribution in [1.29, 1.82) is 0 Å². The van der Waals surface area contributed by atoms with Gasteiger partial charge in [-0.15, -0.1) is 0 Å². The summed E-state index contributed by atoms with van der Waals surface area (Å²) in [5.41, 5.74) is 3.33. The van der Waals surface area contributed by atoms with Crippen molar-refractivity contribution < 1.29 is 9.84 Å². The largest absolute Gasteiger partial charge is 0.389 e. The van der Waals surface area contributed by atoms with Crippen LogP contribution in [-0.4, -0.2) is 60.8 Å². The highest BCUT2D eigenvalue weighted by molar-refractivity contribution is 5.30. The van der Waals surface area contributed by atoms with Crippen molar-refractivity contribution in [3.63, 3.8) is 0 Å². The maximum atomic E-state index is 11.3. The summed E-state index contributed by atoms with van der Waals surface area (Å²) in [7, 11) is 2.15. The number of hydrogen-bond acceptors (Lipinski definition) is 4. The lowest BCUT2D eigenvalue weighted by Gasteiger charge is -2.40. The number of aliphatic hydroxyl groups excluding tert-OH is 1. The molecule has 1 fully saturated rings. The van der Waals surface area contributed by atoms with Gasteiger partial charge in [-0.2, -0.15) is 0 Å². The van der Waals surface area contributed by atoms with Crippen molar-refractivity contribution in [2.75, 3.05) is 39.8 Å². The normalized spacial score (nSPS) is 17.5. The number of piperazine rings is 1. The van der Waals surface area contributed by atoms with E-state index in [2.05, 4.69) is 53.2 Å². The van der Waals surface area contributed by atoms with Crippen LogP contribution >= 0.6 is 0 Å². The summed E-state index contributed by atoms with van der Waals surface area (Å²) in [5, 5.41) is 11.3. The highest BCUT2D eigenvalue weighted by atomic mass is 16.5. The minimum Gasteiger partial charge on any atom is -0.389 e.